The van der Waals surface area contributed by atoms with Crippen molar-refractivity contribution in [2.24, 2.45) is 0 Å². The van der Waals surface area contributed by atoms with Crippen molar-refractivity contribution in [2.45, 2.75) is 6.54 Å². The Morgan fingerprint density at radius 2 is 2.16 bits per heavy atom. The summed E-state index contributed by atoms with van der Waals surface area (Å²) in [5, 5.41) is 13.4. The van der Waals surface area contributed by atoms with E-state index >= 15 is 0 Å². The van der Waals surface area contributed by atoms with Gasteiger partial charge in [-0.15, -0.1) is 0 Å². The van der Waals surface area contributed by atoms with Gasteiger partial charge in [0.25, 0.3) is 11.6 Å². The number of hydrogen-bond donors (Lipinski definition) is 1. The summed E-state index contributed by atoms with van der Waals surface area (Å²) in [6.45, 7) is 0.253. The van der Waals surface area contributed by atoms with E-state index in [9.17, 15) is 14.9 Å². The molecule has 126 valence electrons. The van der Waals surface area contributed by atoms with Gasteiger partial charge in [0.15, 0.2) is 0 Å². The predicted octanol–water partition coefficient (Wildman–Crippen LogP) is 2.76. The summed E-state index contributed by atoms with van der Waals surface area (Å²) in [5.74, 6) is 0.296. The molecule has 0 aliphatic carbocycles. The van der Waals surface area contributed by atoms with E-state index in [1.54, 1.807) is 29.5 Å². The number of benzene rings is 1. The van der Waals surface area contributed by atoms with Crippen molar-refractivity contribution < 1.29 is 9.72 Å². The van der Waals surface area contributed by atoms with E-state index in [0.717, 1.165) is 11.6 Å². The van der Waals surface area contributed by atoms with Crippen molar-refractivity contribution in [2.75, 3.05) is 0 Å². The highest BCUT2D eigenvalue weighted by atomic mass is 35.5. The van der Waals surface area contributed by atoms with Gasteiger partial charge in [-0.3, -0.25) is 19.5 Å². The molecule has 0 aliphatic rings. The second-order valence-corrected chi connectivity index (χ2v) is 5.51. The second kappa shape index (κ2) is 7.10. The summed E-state index contributed by atoms with van der Waals surface area (Å²) in [5.41, 5.74) is 0.811. The average Bonchev–Trinajstić information content (AvgIpc) is 3.14. The van der Waals surface area contributed by atoms with Crippen molar-refractivity contribution in [3.05, 3.63) is 81.5 Å². The zero-order chi connectivity index (χ0) is 17.8. The SMILES string of the molecule is O=C(NCc1ccc(-n2ccnc2)nc1)c1ccc([N+](=O)[O-])cc1Cl. The van der Waals surface area contributed by atoms with Gasteiger partial charge in [0.1, 0.15) is 12.1 Å². The fourth-order valence-corrected chi connectivity index (χ4v) is 2.41. The van der Waals surface area contributed by atoms with E-state index in [1.807, 2.05) is 12.1 Å². The Bertz CT molecular complexity index is 910. The molecular weight excluding hydrogens is 346 g/mol. The van der Waals surface area contributed by atoms with E-state index in [-0.39, 0.29) is 22.8 Å². The zero-order valence-electron chi connectivity index (χ0n) is 12.8. The molecule has 9 heteroatoms. The molecule has 0 saturated heterocycles. The minimum absolute atomic E-state index is 0.0280. The maximum absolute atomic E-state index is 12.2. The van der Waals surface area contributed by atoms with Crippen LogP contribution in [0.2, 0.25) is 5.02 Å². The minimum atomic E-state index is -0.568. The van der Waals surface area contributed by atoms with Crippen LogP contribution in [0.5, 0.6) is 0 Å². The summed E-state index contributed by atoms with van der Waals surface area (Å²) >= 11 is 5.94. The van der Waals surface area contributed by atoms with E-state index in [2.05, 4.69) is 15.3 Å². The van der Waals surface area contributed by atoms with Crippen molar-refractivity contribution in [3.63, 3.8) is 0 Å². The lowest BCUT2D eigenvalue weighted by Gasteiger charge is -2.07. The number of carbonyl (C=O) groups excluding carboxylic acids is 1. The van der Waals surface area contributed by atoms with Crippen LogP contribution in [-0.4, -0.2) is 25.4 Å². The van der Waals surface area contributed by atoms with Crippen molar-refractivity contribution in [3.8, 4) is 5.82 Å². The lowest BCUT2D eigenvalue weighted by molar-refractivity contribution is -0.384. The van der Waals surface area contributed by atoms with E-state index in [4.69, 9.17) is 11.6 Å². The molecule has 2 aromatic heterocycles. The number of nitrogens with zero attached hydrogens (tertiary/aromatic N) is 4. The van der Waals surface area contributed by atoms with Crippen LogP contribution in [0, 0.1) is 10.1 Å². The minimum Gasteiger partial charge on any atom is -0.348 e. The highest BCUT2D eigenvalue weighted by molar-refractivity contribution is 6.34. The van der Waals surface area contributed by atoms with Crippen LogP contribution in [0.3, 0.4) is 0 Å². The van der Waals surface area contributed by atoms with E-state index < -0.39 is 10.8 Å². The first kappa shape index (κ1) is 16.6. The average molecular weight is 358 g/mol. The summed E-state index contributed by atoms with van der Waals surface area (Å²) in [6.07, 6.45) is 6.72. The number of pyridine rings is 1. The number of rotatable bonds is 5. The summed E-state index contributed by atoms with van der Waals surface area (Å²) < 4.78 is 1.76. The zero-order valence-corrected chi connectivity index (χ0v) is 13.6. The largest absolute Gasteiger partial charge is 0.348 e. The quantitative estimate of drug-likeness (QED) is 0.558. The fraction of sp³-hybridized carbons (Fsp3) is 0.0625. The predicted molar refractivity (Wildman–Crippen MR) is 90.6 cm³/mol. The number of nitro groups is 1. The third-order valence-electron chi connectivity index (χ3n) is 3.44. The molecule has 0 fully saturated rings. The van der Waals surface area contributed by atoms with E-state index in [1.165, 1.54) is 12.1 Å². The molecule has 0 atom stereocenters. The molecule has 0 bridgehead atoms. The lowest BCUT2D eigenvalue weighted by atomic mass is 10.2. The molecule has 0 aliphatic heterocycles. The van der Waals surface area contributed by atoms with Gasteiger partial charge in [-0.1, -0.05) is 17.7 Å². The normalized spacial score (nSPS) is 10.4. The number of nitrogens with one attached hydrogen (secondary N) is 1. The second-order valence-electron chi connectivity index (χ2n) is 5.10. The van der Waals surface area contributed by atoms with Crippen LogP contribution in [0.25, 0.3) is 5.82 Å². The number of amides is 1. The van der Waals surface area contributed by atoms with Gasteiger partial charge in [-0.25, -0.2) is 9.97 Å². The van der Waals surface area contributed by atoms with Crippen LogP contribution in [0.1, 0.15) is 15.9 Å². The molecule has 2 heterocycles. The number of aromatic nitrogens is 3. The summed E-state index contributed by atoms with van der Waals surface area (Å²) in [7, 11) is 0. The van der Waals surface area contributed by atoms with Gasteiger partial charge >= 0.3 is 0 Å². The maximum atomic E-state index is 12.2. The molecule has 0 spiro atoms. The fourth-order valence-electron chi connectivity index (χ4n) is 2.15. The number of hydrogen-bond acceptors (Lipinski definition) is 5. The molecule has 8 nitrogen and oxygen atoms in total. The van der Waals surface area contributed by atoms with Gasteiger partial charge in [0.2, 0.25) is 0 Å². The Morgan fingerprint density at radius 1 is 1.32 bits per heavy atom. The number of non-ortho nitro benzene ring substituents is 1. The van der Waals surface area contributed by atoms with Crippen LogP contribution in [-0.2, 0) is 6.54 Å². The third kappa shape index (κ3) is 3.81. The highest BCUT2D eigenvalue weighted by Gasteiger charge is 2.14. The number of imidazole rings is 1. The monoisotopic (exact) mass is 357 g/mol. The van der Waals surface area contributed by atoms with Gasteiger partial charge in [-0.2, -0.15) is 0 Å². The summed E-state index contributed by atoms with van der Waals surface area (Å²) in [6, 6.07) is 7.36. The van der Waals surface area contributed by atoms with Gasteiger partial charge in [-0.05, 0) is 17.7 Å². The van der Waals surface area contributed by atoms with Crippen LogP contribution >= 0.6 is 11.6 Å². The van der Waals surface area contributed by atoms with Crippen LogP contribution in [0.4, 0.5) is 5.69 Å². The van der Waals surface area contributed by atoms with E-state index in [0.29, 0.717) is 5.82 Å². The molecule has 0 unspecified atom stereocenters. The van der Waals surface area contributed by atoms with Crippen LogP contribution in [0.15, 0.2) is 55.2 Å². The first-order chi connectivity index (χ1) is 12.0. The van der Waals surface area contributed by atoms with Crippen molar-refractivity contribution in [1.29, 1.82) is 0 Å². The Hall–Kier alpha value is -3.26. The molecule has 0 radical (unpaired) electrons. The first-order valence-electron chi connectivity index (χ1n) is 7.20. The third-order valence-corrected chi connectivity index (χ3v) is 3.75. The Labute approximate surface area is 147 Å². The highest BCUT2D eigenvalue weighted by Crippen LogP contribution is 2.22. The Balaban J connectivity index is 1.65. The van der Waals surface area contributed by atoms with Crippen molar-refractivity contribution >= 4 is 23.2 Å². The van der Waals surface area contributed by atoms with Gasteiger partial charge in [0.05, 0.1) is 15.5 Å². The molecule has 0 saturated carbocycles. The topological polar surface area (TPSA) is 103 Å². The molecule has 1 aromatic carbocycles. The Kier molecular flexibility index (Phi) is 4.71. The number of carbonyl (C=O) groups is 1. The number of halogens is 1. The summed E-state index contributed by atoms with van der Waals surface area (Å²) in [4.78, 5) is 30.5. The Morgan fingerprint density at radius 3 is 2.76 bits per heavy atom. The molecular formula is C16H12ClN5O3. The molecule has 3 rings (SSSR count). The van der Waals surface area contributed by atoms with Gasteiger partial charge in [0, 0.05) is 37.3 Å². The molecule has 1 amide bonds. The van der Waals surface area contributed by atoms with Crippen LogP contribution < -0.4 is 5.32 Å². The number of nitro benzene ring substituents is 1. The maximum Gasteiger partial charge on any atom is 0.270 e. The first-order valence-corrected chi connectivity index (χ1v) is 7.58. The van der Waals surface area contributed by atoms with Gasteiger partial charge < -0.3 is 5.32 Å². The smallest absolute Gasteiger partial charge is 0.270 e. The van der Waals surface area contributed by atoms with Crippen molar-refractivity contribution in [1.82, 2.24) is 19.9 Å². The molecule has 25 heavy (non-hydrogen) atoms. The lowest BCUT2D eigenvalue weighted by Crippen LogP contribution is -2.23. The standard InChI is InChI=1S/C16H12ClN5O3/c17-14-7-12(22(24)25)2-3-13(14)16(23)20-9-11-1-4-15(19-8-11)21-6-5-18-10-21/h1-8,10H,9H2,(H,20,23). The molecule has 3 aromatic rings. The molecule has 1 N–H and O–H groups in total.